The highest BCUT2D eigenvalue weighted by Gasteiger charge is 2.27. The van der Waals surface area contributed by atoms with Crippen LogP contribution in [0.25, 0.3) is 0 Å². The molecule has 0 aromatic heterocycles. The van der Waals surface area contributed by atoms with Crippen LogP contribution >= 0.6 is 11.8 Å². The van der Waals surface area contributed by atoms with Crippen molar-refractivity contribution < 1.29 is 4.79 Å². The standard InChI is InChI=1S/C12H12N4OS/c1-16-6-8-4-3-5-9(10(8)11(16)17)15-12(18-2)14-7-13/h3-5H,6H2,1-2H3,(H,14,15). The number of fused-ring (bicyclic) bond motifs is 1. The number of hydrogen-bond donors (Lipinski definition) is 1. The predicted molar refractivity (Wildman–Crippen MR) is 71.6 cm³/mol. The average molecular weight is 260 g/mol. The molecule has 0 fully saturated rings. The van der Waals surface area contributed by atoms with Gasteiger partial charge in [-0.2, -0.15) is 5.26 Å². The quantitative estimate of drug-likeness (QED) is 0.361. The van der Waals surface area contributed by atoms with Crippen molar-refractivity contribution in [2.45, 2.75) is 6.54 Å². The van der Waals surface area contributed by atoms with Crippen molar-refractivity contribution in [1.29, 1.82) is 5.26 Å². The molecule has 0 radical (unpaired) electrons. The van der Waals surface area contributed by atoms with Gasteiger partial charge in [-0.05, 0) is 17.9 Å². The van der Waals surface area contributed by atoms with Crippen LogP contribution in [0.1, 0.15) is 15.9 Å². The van der Waals surface area contributed by atoms with E-state index in [0.717, 1.165) is 5.56 Å². The summed E-state index contributed by atoms with van der Waals surface area (Å²) < 4.78 is 0. The molecule has 18 heavy (non-hydrogen) atoms. The van der Waals surface area contributed by atoms with Gasteiger partial charge in [-0.3, -0.25) is 10.1 Å². The summed E-state index contributed by atoms with van der Waals surface area (Å²) in [5.74, 6) is -0.0261. The molecule has 1 heterocycles. The van der Waals surface area contributed by atoms with Crippen LogP contribution in [0.2, 0.25) is 0 Å². The Balaban J connectivity index is 2.46. The SMILES string of the molecule is CSC(=Nc1cccc2c1C(=O)N(C)C2)NC#N. The lowest BCUT2D eigenvalue weighted by Crippen LogP contribution is -2.18. The number of nitrogens with one attached hydrogen (secondary N) is 1. The third-order valence-electron chi connectivity index (χ3n) is 2.68. The molecule has 6 heteroatoms. The molecule has 2 rings (SSSR count). The minimum atomic E-state index is -0.0261. The molecule has 1 aliphatic heterocycles. The summed E-state index contributed by atoms with van der Waals surface area (Å²) in [6, 6.07) is 5.58. The van der Waals surface area contributed by atoms with Crippen LogP contribution < -0.4 is 5.32 Å². The van der Waals surface area contributed by atoms with E-state index >= 15 is 0 Å². The van der Waals surface area contributed by atoms with E-state index in [1.807, 2.05) is 24.6 Å². The van der Waals surface area contributed by atoms with Gasteiger partial charge in [0.05, 0.1) is 11.3 Å². The minimum Gasteiger partial charge on any atom is -0.337 e. The number of nitriles is 1. The van der Waals surface area contributed by atoms with Gasteiger partial charge in [-0.25, -0.2) is 4.99 Å². The summed E-state index contributed by atoms with van der Waals surface area (Å²) >= 11 is 1.33. The van der Waals surface area contributed by atoms with Crippen LogP contribution in [0.4, 0.5) is 5.69 Å². The number of nitrogens with zero attached hydrogens (tertiary/aromatic N) is 3. The van der Waals surface area contributed by atoms with Gasteiger partial charge in [0, 0.05) is 13.6 Å². The molecule has 0 spiro atoms. The van der Waals surface area contributed by atoms with Crippen molar-refractivity contribution >= 4 is 28.5 Å². The number of amides is 1. The van der Waals surface area contributed by atoms with Crippen molar-refractivity contribution in [3.63, 3.8) is 0 Å². The maximum Gasteiger partial charge on any atom is 0.256 e. The zero-order valence-corrected chi connectivity index (χ0v) is 10.9. The third-order valence-corrected chi connectivity index (χ3v) is 3.26. The fraction of sp³-hybridized carbons (Fsp3) is 0.250. The molecule has 5 nitrogen and oxygen atoms in total. The normalized spacial score (nSPS) is 14.4. The highest BCUT2D eigenvalue weighted by atomic mass is 32.2. The average Bonchev–Trinajstić information content (AvgIpc) is 2.65. The van der Waals surface area contributed by atoms with E-state index in [-0.39, 0.29) is 5.91 Å². The lowest BCUT2D eigenvalue weighted by atomic mass is 10.1. The molecule has 0 aliphatic carbocycles. The second-order valence-corrected chi connectivity index (χ2v) is 4.63. The largest absolute Gasteiger partial charge is 0.337 e. The van der Waals surface area contributed by atoms with Gasteiger partial charge < -0.3 is 4.90 Å². The number of carbonyl (C=O) groups is 1. The van der Waals surface area contributed by atoms with Crippen LogP contribution in [0.15, 0.2) is 23.2 Å². The van der Waals surface area contributed by atoms with E-state index < -0.39 is 0 Å². The Morgan fingerprint density at radius 1 is 1.61 bits per heavy atom. The Kier molecular flexibility index (Phi) is 3.53. The smallest absolute Gasteiger partial charge is 0.256 e. The molecule has 0 atom stereocenters. The van der Waals surface area contributed by atoms with E-state index in [9.17, 15) is 4.79 Å². The molecule has 1 aromatic carbocycles. The summed E-state index contributed by atoms with van der Waals surface area (Å²) in [5, 5.41) is 11.6. The van der Waals surface area contributed by atoms with Crippen molar-refractivity contribution in [3.8, 4) is 6.19 Å². The van der Waals surface area contributed by atoms with Gasteiger partial charge in [0.1, 0.15) is 0 Å². The van der Waals surface area contributed by atoms with E-state index in [2.05, 4.69) is 10.3 Å². The number of rotatable bonds is 1. The Morgan fingerprint density at radius 2 is 2.39 bits per heavy atom. The maximum absolute atomic E-state index is 12.0. The second-order valence-electron chi connectivity index (χ2n) is 3.83. The van der Waals surface area contributed by atoms with E-state index in [4.69, 9.17) is 5.26 Å². The van der Waals surface area contributed by atoms with Gasteiger partial charge >= 0.3 is 0 Å². The van der Waals surface area contributed by atoms with Crippen LogP contribution in [-0.4, -0.2) is 29.3 Å². The number of thioether (sulfide) groups is 1. The summed E-state index contributed by atoms with van der Waals surface area (Å²) in [6.07, 6.45) is 3.65. The zero-order chi connectivity index (χ0) is 13.1. The van der Waals surface area contributed by atoms with E-state index in [0.29, 0.717) is 23.0 Å². The zero-order valence-electron chi connectivity index (χ0n) is 10.1. The highest BCUT2D eigenvalue weighted by Crippen LogP contribution is 2.30. The molecule has 0 unspecified atom stereocenters. The fourth-order valence-corrected chi connectivity index (χ4v) is 2.20. The number of amidine groups is 1. The first-order valence-electron chi connectivity index (χ1n) is 5.32. The topological polar surface area (TPSA) is 68.5 Å². The molecular formula is C12H12N4OS. The Hall–Kier alpha value is -2.00. The van der Waals surface area contributed by atoms with Gasteiger partial charge in [0.2, 0.25) is 0 Å². The van der Waals surface area contributed by atoms with Crippen LogP contribution in [0.5, 0.6) is 0 Å². The number of benzene rings is 1. The third kappa shape index (κ3) is 2.17. The molecule has 1 N–H and O–H groups in total. The summed E-state index contributed by atoms with van der Waals surface area (Å²) in [5.41, 5.74) is 2.21. The van der Waals surface area contributed by atoms with E-state index in [1.54, 1.807) is 18.0 Å². The first kappa shape index (κ1) is 12.5. The number of hydrogen-bond acceptors (Lipinski definition) is 4. The van der Waals surface area contributed by atoms with Gasteiger partial charge in [-0.1, -0.05) is 23.9 Å². The van der Waals surface area contributed by atoms with Crippen LogP contribution in [0, 0.1) is 11.5 Å². The summed E-state index contributed by atoms with van der Waals surface area (Å²) in [4.78, 5) is 18.0. The molecule has 1 aromatic rings. The Morgan fingerprint density at radius 3 is 3.06 bits per heavy atom. The van der Waals surface area contributed by atoms with Gasteiger partial charge in [0.25, 0.3) is 5.91 Å². The molecule has 1 amide bonds. The first-order chi connectivity index (χ1) is 8.67. The number of aliphatic imine (C=N–C) groups is 1. The van der Waals surface area contributed by atoms with Gasteiger partial charge in [0.15, 0.2) is 11.4 Å². The molecule has 1 aliphatic rings. The van der Waals surface area contributed by atoms with E-state index in [1.165, 1.54) is 11.8 Å². The summed E-state index contributed by atoms with van der Waals surface area (Å²) in [7, 11) is 1.76. The lowest BCUT2D eigenvalue weighted by molar-refractivity contribution is 0.0817. The maximum atomic E-state index is 12.0. The molecule has 0 saturated carbocycles. The second kappa shape index (κ2) is 5.10. The Labute approximate surface area is 109 Å². The highest BCUT2D eigenvalue weighted by molar-refractivity contribution is 8.13. The molecule has 0 bridgehead atoms. The Bertz CT molecular complexity index is 562. The molecule has 92 valence electrons. The van der Waals surface area contributed by atoms with Gasteiger partial charge in [-0.15, -0.1) is 0 Å². The first-order valence-corrected chi connectivity index (χ1v) is 6.55. The van der Waals surface area contributed by atoms with Crippen molar-refractivity contribution in [2.24, 2.45) is 4.99 Å². The lowest BCUT2D eigenvalue weighted by Gasteiger charge is -2.06. The molecular weight excluding hydrogens is 248 g/mol. The van der Waals surface area contributed by atoms with Crippen molar-refractivity contribution in [1.82, 2.24) is 10.2 Å². The number of carbonyl (C=O) groups excluding carboxylic acids is 1. The summed E-state index contributed by atoms with van der Waals surface area (Å²) in [6.45, 7) is 0.609. The monoisotopic (exact) mass is 260 g/mol. The predicted octanol–water partition coefficient (Wildman–Crippen LogP) is 1.69. The molecule has 0 saturated heterocycles. The van der Waals surface area contributed by atoms with Crippen molar-refractivity contribution in [2.75, 3.05) is 13.3 Å². The van der Waals surface area contributed by atoms with Crippen LogP contribution in [-0.2, 0) is 6.54 Å². The minimum absolute atomic E-state index is 0.0261. The fourth-order valence-electron chi connectivity index (χ4n) is 1.86. The van der Waals surface area contributed by atoms with Crippen LogP contribution in [0.3, 0.4) is 0 Å². The van der Waals surface area contributed by atoms with Crippen molar-refractivity contribution in [3.05, 3.63) is 29.3 Å².